The van der Waals surface area contributed by atoms with Gasteiger partial charge in [0.05, 0.1) is 19.7 Å². The van der Waals surface area contributed by atoms with Crippen LogP contribution in [0, 0.1) is 0 Å². The molecule has 1 heterocycles. The number of carbonyl (C=O) groups is 1. The Labute approximate surface area is 108 Å². The smallest absolute Gasteiger partial charge is 0.306 e. The van der Waals surface area contributed by atoms with E-state index in [1.54, 1.807) is 6.20 Å². The molecule has 0 aromatic carbocycles. The van der Waals surface area contributed by atoms with Crippen molar-refractivity contribution in [1.29, 1.82) is 0 Å². The maximum atomic E-state index is 11.4. The fourth-order valence-electron chi connectivity index (χ4n) is 1.99. The van der Waals surface area contributed by atoms with Crippen molar-refractivity contribution in [2.45, 2.75) is 51.6 Å². The lowest BCUT2D eigenvalue weighted by Gasteiger charge is -2.20. The molecule has 0 radical (unpaired) electrons. The SMILES string of the molecule is CCCn1cc(C(CC(=O)OC)C(N)CC)cn1. The Kier molecular flexibility index (Phi) is 5.85. The van der Waals surface area contributed by atoms with Crippen molar-refractivity contribution in [3.8, 4) is 0 Å². The van der Waals surface area contributed by atoms with Crippen LogP contribution >= 0.6 is 0 Å². The second-order valence-corrected chi connectivity index (χ2v) is 4.50. The van der Waals surface area contributed by atoms with Gasteiger partial charge in [-0.05, 0) is 18.4 Å². The normalized spacial score (nSPS) is 14.2. The van der Waals surface area contributed by atoms with Gasteiger partial charge in [-0.25, -0.2) is 0 Å². The summed E-state index contributed by atoms with van der Waals surface area (Å²) in [5.74, 6) is -0.250. The first kappa shape index (κ1) is 14.7. The van der Waals surface area contributed by atoms with E-state index in [4.69, 9.17) is 10.5 Å². The van der Waals surface area contributed by atoms with E-state index in [9.17, 15) is 4.79 Å². The van der Waals surface area contributed by atoms with Gasteiger partial charge in [0.15, 0.2) is 0 Å². The van der Waals surface area contributed by atoms with Gasteiger partial charge in [0.2, 0.25) is 0 Å². The summed E-state index contributed by atoms with van der Waals surface area (Å²) < 4.78 is 6.62. The maximum absolute atomic E-state index is 11.4. The Morgan fingerprint density at radius 1 is 1.56 bits per heavy atom. The Bertz CT molecular complexity index is 376. The van der Waals surface area contributed by atoms with Gasteiger partial charge in [-0.3, -0.25) is 9.48 Å². The molecular formula is C13H23N3O2. The molecule has 0 aliphatic rings. The average molecular weight is 253 g/mol. The molecule has 5 nitrogen and oxygen atoms in total. The van der Waals surface area contributed by atoms with Crippen LogP contribution in [0.5, 0.6) is 0 Å². The number of nitrogens with two attached hydrogens (primary N) is 1. The molecule has 18 heavy (non-hydrogen) atoms. The third-order valence-corrected chi connectivity index (χ3v) is 3.14. The van der Waals surface area contributed by atoms with Gasteiger partial charge < -0.3 is 10.5 Å². The zero-order valence-electron chi connectivity index (χ0n) is 11.4. The molecule has 1 rings (SSSR count). The van der Waals surface area contributed by atoms with Crippen molar-refractivity contribution in [1.82, 2.24) is 9.78 Å². The van der Waals surface area contributed by atoms with Crippen molar-refractivity contribution in [2.75, 3.05) is 7.11 Å². The lowest BCUT2D eigenvalue weighted by molar-refractivity contribution is -0.141. The van der Waals surface area contributed by atoms with Crippen molar-refractivity contribution in [2.24, 2.45) is 5.73 Å². The van der Waals surface area contributed by atoms with E-state index in [0.29, 0.717) is 6.42 Å². The molecule has 1 aromatic rings. The number of nitrogens with zero attached hydrogens (tertiary/aromatic N) is 2. The minimum atomic E-state index is -0.229. The number of aryl methyl sites for hydroxylation is 1. The largest absolute Gasteiger partial charge is 0.469 e. The standard InChI is InChI=1S/C13H23N3O2/c1-4-6-16-9-10(8-15-16)11(12(14)5-2)7-13(17)18-3/h8-9,11-12H,4-7,14H2,1-3H3. The quantitative estimate of drug-likeness (QED) is 0.750. The molecule has 0 amide bonds. The number of hydrogen-bond acceptors (Lipinski definition) is 4. The molecule has 0 saturated heterocycles. The number of rotatable bonds is 7. The van der Waals surface area contributed by atoms with E-state index in [2.05, 4.69) is 12.0 Å². The van der Waals surface area contributed by atoms with Crippen molar-refractivity contribution >= 4 is 5.97 Å². The second-order valence-electron chi connectivity index (χ2n) is 4.50. The van der Waals surface area contributed by atoms with Crippen LogP contribution < -0.4 is 5.73 Å². The minimum absolute atomic E-state index is 0.0203. The van der Waals surface area contributed by atoms with E-state index in [-0.39, 0.29) is 17.9 Å². The fraction of sp³-hybridized carbons (Fsp3) is 0.692. The van der Waals surface area contributed by atoms with E-state index in [1.807, 2.05) is 17.8 Å². The number of hydrogen-bond donors (Lipinski definition) is 1. The second kappa shape index (κ2) is 7.16. The van der Waals surface area contributed by atoms with E-state index >= 15 is 0 Å². The number of carbonyl (C=O) groups excluding carboxylic acids is 1. The number of methoxy groups -OCH3 is 1. The summed E-state index contributed by atoms with van der Waals surface area (Å²) in [7, 11) is 1.40. The number of ether oxygens (including phenoxy) is 1. The Balaban J connectivity index is 2.83. The summed E-state index contributed by atoms with van der Waals surface area (Å²) >= 11 is 0. The highest BCUT2D eigenvalue weighted by Crippen LogP contribution is 2.24. The lowest BCUT2D eigenvalue weighted by Crippen LogP contribution is -2.29. The highest BCUT2D eigenvalue weighted by Gasteiger charge is 2.23. The van der Waals surface area contributed by atoms with Gasteiger partial charge in [0, 0.05) is 24.7 Å². The third-order valence-electron chi connectivity index (χ3n) is 3.14. The van der Waals surface area contributed by atoms with E-state index in [0.717, 1.165) is 24.9 Å². The predicted octanol–water partition coefficient (Wildman–Crippen LogP) is 1.68. The highest BCUT2D eigenvalue weighted by molar-refractivity contribution is 5.70. The Morgan fingerprint density at radius 3 is 2.83 bits per heavy atom. The van der Waals surface area contributed by atoms with E-state index < -0.39 is 0 Å². The number of esters is 1. The molecule has 102 valence electrons. The summed E-state index contributed by atoms with van der Waals surface area (Å²) in [5, 5.41) is 4.29. The zero-order chi connectivity index (χ0) is 13.5. The first-order valence-corrected chi connectivity index (χ1v) is 6.47. The highest BCUT2D eigenvalue weighted by atomic mass is 16.5. The van der Waals surface area contributed by atoms with Gasteiger partial charge in [-0.1, -0.05) is 13.8 Å². The molecule has 2 N–H and O–H groups in total. The first-order valence-electron chi connectivity index (χ1n) is 6.47. The van der Waals surface area contributed by atoms with E-state index in [1.165, 1.54) is 7.11 Å². The summed E-state index contributed by atoms with van der Waals surface area (Å²) in [6, 6.07) is -0.0524. The zero-order valence-corrected chi connectivity index (χ0v) is 11.4. The molecule has 0 saturated carbocycles. The van der Waals surface area contributed by atoms with Crippen LogP contribution in [0.1, 0.15) is 44.6 Å². The summed E-state index contributed by atoms with van der Waals surface area (Å²) in [6.07, 6.45) is 5.94. The monoisotopic (exact) mass is 253 g/mol. The van der Waals surface area contributed by atoms with Crippen LogP contribution in [0.25, 0.3) is 0 Å². The summed E-state index contributed by atoms with van der Waals surface area (Å²) in [4.78, 5) is 11.4. The Hall–Kier alpha value is -1.36. The van der Waals surface area contributed by atoms with Crippen molar-refractivity contribution in [3.63, 3.8) is 0 Å². The van der Waals surface area contributed by atoms with Crippen molar-refractivity contribution in [3.05, 3.63) is 18.0 Å². The lowest BCUT2D eigenvalue weighted by atomic mass is 9.89. The predicted molar refractivity (Wildman–Crippen MR) is 70.2 cm³/mol. The molecule has 2 atom stereocenters. The van der Waals surface area contributed by atoms with Gasteiger partial charge in [-0.2, -0.15) is 5.10 Å². The number of aromatic nitrogens is 2. The van der Waals surface area contributed by atoms with Crippen molar-refractivity contribution < 1.29 is 9.53 Å². The summed E-state index contributed by atoms with van der Waals surface area (Å²) in [6.45, 7) is 5.00. The molecule has 0 fully saturated rings. The minimum Gasteiger partial charge on any atom is -0.469 e. The summed E-state index contributed by atoms with van der Waals surface area (Å²) in [5.41, 5.74) is 7.11. The molecule has 2 unspecified atom stereocenters. The van der Waals surface area contributed by atoms with Gasteiger partial charge in [0.1, 0.15) is 0 Å². The van der Waals surface area contributed by atoms with Crippen LogP contribution in [-0.2, 0) is 16.1 Å². The van der Waals surface area contributed by atoms with Crippen LogP contribution in [0.4, 0.5) is 0 Å². The molecule has 0 aliphatic carbocycles. The van der Waals surface area contributed by atoms with Crippen LogP contribution in [0.2, 0.25) is 0 Å². The molecule has 1 aromatic heterocycles. The molecule has 0 bridgehead atoms. The van der Waals surface area contributed by atoms with Crippen LogP contribution in [-0.4, -0.2) is 28.9 Å². The maximum Gasteiger partial charge on any atom is 0.306 e. The topological polar surface area (TPSA) is 70.1 Å². The molecular weight excluding hydrogens is 230 g/mol. The van der Waals surface area contributed by atoms with Crippen LogP contribution in [0.15, 0.2) is 12.4 Å². The van der Waals surface area contributed by atoms with Gasteiger partial charge >= 0.3 is 5.97 Å². The molecule has 5 heteroatoms. The third kappa shape index (κ3) is 3.84. The Morgan fingerprint density at radius 2 is 2.28 bits per heavy atom. The molecule has 0 aliphatic heterocycles. The van der Waals surface area contributed by atoms with Gasteiger partial charge in [0.25, 0.3) is 0 Å². The van der Waals surface area contributed by atoms with Gasteiger partial charge in [-0.15, -0.1) is 0 Å². The fourth-order valence-corrected chi connectivity index (χ4v) is 1.99. The molecule has 0 spiro atoms. The van der Waals surface area contributed by atoms with Crippen LogP contribution in [0.3, 0.4) is 0 Å². The first-order chi connectivity index (χ1) is 8.62. The average Bonchev–Trinajstić information content (AvgIpc) is 2.83.